The molecule has 0 aliphatic carbocycles. The van der Waals surface area contributed by atoms with Gasteiger partial charge in [-0.2, -0.15) is 0 Å². The zero-order valence-corrected chi connectivity index (χ0v) is 13.6. The molecule has 110 valence electrons. The lowest BCUT2D eigenvalue weighted by molar-refractivity contribution is 0.125. The van der Waals surface area contributed by atoms with E-state index in [1.54, 1.807) is 7.11 Å². The molecule has 0 aliphatic rings. The fraction of sp³-hybridized carbons (Fsp3) is 0.733. The SMILES string of the molecule is CCCNCc1ccc(CN(CCOC)C(C)C)s1. The van der Waals surface area contributed by atoms with Crippen LogP contribution in [0.1, 0.15) is 36.9 Å². The van der Waals surface area contributed by atoms with Crippen molar-refractivity contribution in [3.63, 3.8) is 0 Å². The molecular formula is C15H28N2OS. The number of nitrogens with zero attached hydrogens (tertiary/aromatic N) is 1. The Morgan fingerprint density at radius 3 is 2.68 bits per heavy atom. The predicted molar refractivity (Wildman–Crippen MR) is 83.7 cm³/mol. The fourth-order valence-electron chi connectivity index (χ4n) is 1.92. The maximum absolute atomic E-state index is 5.18. The monoisotopic (exact) mass is 284 g/mol. The summed E-state index contributed by atoms with van der Waals surface area (Å²) in [5.41, 5.74) is 0. The Bertz CT molecular complexity index is 339. The molecule has 0 aliphatic heterocycles. The van der Waals surface area contributed by atoms with Gasteiger partial charge in [-0.05, 0) is 38.9 Å². The minimum atomic E-state index is 0.555. The van der Waals surface area contributed by atoms with Crippen molar-refractivity contribution in [2.24, 2.45) is 0 Å². The molecule has 1 aromatic heterocycles. The molecule has 0 amide bonds. The van der Waals surface area contributed by atoms with Gasteiger partial charge in [-0.1, -0.05) is 6.92 Å². The Balaban J connectivity index is 2.45. The van der Waals surface area contributed by atoms with Crippen LogP contribution in [0.25, 0.3) is 0 Å². The quantitative estimate of drug-likeness (QED) is 0.668. The van der Waals surface area contributed by atoms with Gasteiger partial charge in [0.25, 0.3) is 0 Å². The number of hydrogen-bond donors (Lipinski definition) is 1. The maximum atomic E-state index is 5.18. The van der Waals surface area contributed by atoms with Crippen LogP contribution in [0.3, 0.4) is 0 Å². The lowest BCUT2D eigenvalue weighted by atomic mass is 10.3. The highest BCUT2D eigenvalue weighted by Gasteiger charge is 2.11. The Kier molecular flexibility index (Phi) is 8.30. The summed E-state index contributed by atoms with van der Waals surface area (Å²) in [6, 6.07) is 5.06. The summed E-state index contributed by atoms with van der Waals surface area (Å²) in [4.78, 5) is 5.33. The van der Waals surface area contributed by atoms with Gasteiger partial charge in [-0.25, -0.2) is 0 Å². The summed E-state index contributed by atoms with van der Waals surface area (Å²) >= 11 is 1.92. The van der Waals surface area contributed by atoms with Crippen LogP contribution in [-0.4, -0.2) is 37.7 Å². The first-order chi connectivity index (χ1) is 9.17. The minimum absolute atomic E-state index is 0.555. The fourth-order valence-corrected chi connectivity index (χ4v) is 2.93. The molecule has 4 heteroatoms. The maximum Gasteiger partial charge on any atom is 0.0589 e. The second-order valence-corrected chi connectivity index (χ2v) is 6.35. The normalized spacial score (nSPS) is 11.7. The van der Waals surface area contributed by atoms with E-state index in [1.807, 2.05) is 11.3 Å². The largest absolute Gasteiger partial charge is 0.383 e. The van der Waals surface area contributed by atoms with E-state index in [9.17, 15) is 0 Å². The highest BCUT2D eigenvalue weighted by Crippen LogP contribution is 2.19. The summed E-state index contributed by atoms with van der Waals surface area (Å²) in [6.45, 7) is 11.6. The molecule has 0 saturated carbocycles. The highest BCUT2D eigenvalue weighted by atomic mass is 32.1. The van der Waals surface area contributed by atoms with Crippen LogP contribution in [0.15, 0.2) is 12.1 Å². The zero-order valence-electron chi connectivity index (χ0n) is 12.7. The number of nitrogens with one attached hydrogen (secondary N) is 1. The third-order valence-electron chi connectivity index (χ3n) is 3.12. The zero-order chi connectivity index (χ0) is 14.1. The van der Waals surface area contributed by atoms with E-state index in [0.717, 1.165) is 32.8 Å². The summed E-state index contributed by atoms with van der Waals surface area (Å²) < 4.78 is 5.18. The molecule has 0 aromatic carbocycles. The Morgan fingerprint density at radius 1 is 1.32 bits per heavy atom. The van der Waals surface area contributed by atoms with Gasteiger partial charge in [0.2, 0.25) is 0 Å². The molecule has 1 rings (SSSR count). The van der Waals surface area contributed by atoms with E-state index in [1.165, 1.54) is 16.2 Å². The third kappa shape index (κ3) is 6.52. The van der Waals surface area contributed by atoms with Crippen molar-refractivity contribution in [1.82, 2.24) is 10.2 Å². The van der Waals surface area contributed by atoms with Crippen molar-refractivity contribution < 1.29 is 4.74 Å². The standard InChI is InChI=1S/C15H28N2OS/c1-5-8-16-11-14-6-7-15(19-14)12-17(13(2)3)9-10-18-4/h6-7,13,16H,5,8-12H2,1-4H3. The van der Waals surface area contributed by atoms with Crippen LogP contribution >= 0.6 is 11.3 Å². The van der Waals surface area contributed by atoms with E-state index in [4.69, 9.17) is 4.74 Å². The Hall–Kier alpha value is -0.420. The molecule has 1 heterocycles. The number of hydrogen-bond acceptors (Lipinski definition) is 4. The predicted octanol–water partition coefficient (Wildman–Crippen LogP) is 3.10. The topological polar surface area (TPSA) is 24.5 Å². The average molecular weight is 284 g/mol. The minimum Gasteiger partial charge on any atom is -0.383 e. The number of methoxy groups -OCH3 is 1. The van der Waals surface area contributed by atoms with Crippen LogP contribution in [0.2, 0.25) is 0 Å². The van der Waals surface area contributed by atoms with Gasteiger partial charge < -0.3 is 10.1 Å². The second-order valence-electron chi connectivity index (χ2n) is 5.10. The van der Waals surface area contributed by atoms with Gasteiger partial charge in [-0.3, -0.25) is 4.90 Å². The average Bonchev–Trinajstić information content (AvgIpc) is 2.82. The molecule has 1 N–H and O–H groups in total. The Morgan fingerprint density at radius 2 is 2.05 bits per heavy atom. The molecule has 0 atom stereocenters. The first-order valence-corrected chi connectivity index (χ1v) is 8.00. The lowest BCUT2D eigenvalue weighted by Crippen LogP contribution is -2.32. The molecular weight excluding hydrogens is 256 g/mol. The molecule has 0 fully saturated rings. The van der Waals surface area contributed by atoms with Crippen molar-refractivity contribution in [2.45, 2.75) is 46.3 Å². The molecule has 0 radical (unpaired) electrons. The molecule has 19 heavy (non-hydrogen) atoms. The van der Waals surface area contributed by atoms with Crippen molar-refractivity contribution in [3.8, 4) is 0 Å². The Labute approximate surface area is 122 Å². The van der Waals surface area contributed by atoms with Gasteiger partial charge in [0.05, 0.1) is 6.61 Å². The van der Waals surface area contributed by atoms with Crippen LogP contribution in [0.5, 0.6) is 0 Å². The lowest BCUT2D eigenvalue weighted by Gasteiger charge is -2.25. The van der Waals surface area contributed by atoms with Gasteiger partial charge >= 0.3 is 0 Å². The smallest absolute Gasteiger partial charge is 0.0589 e. The number of ether oxygens (including phenoxy) is 1. The van der Waals surface area contributed by atoms with Crippen LogP contribution in [0.4, 0.5) is 0 Å². The molecule has 3 nitrogen and oxygen atoms in total. The van der Waals surface area contributed by atoms with E-state index < -0.39 is 0 Å². The first kappa shape index (κ1) is 16.6. The number of thiophene rings is 1. The molecule has 1 aromatic rings. The third-order valence-corrected chi connectivity index (χ3v) is 4.19. The van der Waals surface area contributed by atoms with Crippen LogP contribution in [-0.2, 0) is 17.8 Å². The number of rotatable bonds is 10. The summed E-state index contributed by atoms with van der Waals surface area (Å²) in [5.74, 6) is 0. The van der Waals surface area contributed by atoms with Gasteiger partial charge in [0, 0.05) is 42.5 Å². The van der Waals surface area contributed by atoms with E-state index in [2.05, 4.69) is 43.1 Å². The van der Waals surface area contributed by atoms with Crippen molar-refractivity contribution in [3.05, 3.63) is 21.9 Å². The van der Waals surface area contributed by atoms with Gasteiger partial charge in [-0.15, -0.1) is 11.3 Å². The molecule has 0 unspecified atom stereocenters. The van der Waals surface area contributed by atoms with Crippen molar-refractivity contribution >= 4 is 11.3 Å². The van der Waals surface area contributed by atoms with E-state index in [-0.39, 0.29) is 0 Å². The second kappa shape index (κ2) is 9.48. The molecule has 0 bridgehead atoms. The van der Waals surface area contributed by atoms with Crippen LogP contribution in [0, 0.1) is 0 Å². The van der Waals surface area contributed by atoms with Gasteiger partial charge in [0.15, 0.2) is 0 Å². The highest BCUT2D eigenvalue weighted by molar-refractivity contribution is 7.11. The van der Waals surface area contributed by atoms with Gasteiger partial charge in [0.1, 0.15) is 0 Å². The molecule has 0 spiro atoms. The first-order valence-electron chi connectivity index (χ1n) is 7.18. The summed E-state index contributed by atoms with van der Waals surface area (Å²) in [5, 5.41) is 3.45. The summed E-state index contributed by atoms with van der Waals surface area (Å²) in [7, 11) is 1.77. The van der Waals surface area contributed by atoms with Crippen LogP contribution < -0.4 is 5.32 Å². The van der Waals surface area contributed by atoms with Crippen molar-refractivity contribution in [2.75, 3.05) is 26.8 Å². The summed E-state index contributed by atoms with van der Waals surface area (Å²) in [6.07, 6.45) is 1.19. The molecule has 0 saturated heterocycles. The van der Waals surface area contributed by atoms with Crippen molar-refractivity contribution in [1.29, 1.82) is 0 Å². The van der Waals surface area contributed by atoms with E-state index >= 15 is 0 Å². The van der Waals surface area contributed by atoms with E-state index in [0.29, 0.717) is 6.04 Å².